The first kappa shape index (κ1) is 9.81. The summed E-state index contributed by atoms with van der Waals surface area (Å²) in [5.74, 6) is 0. The minimum atomic E-state index is -0.248. The van der Waals surface area contributed by atoms with Crippen LogP contribution in [0.5, 0.6) is 0 Å². The second kappa shape index (κ2) is 4.20. The molecule has 0 bridgehead atoms. The summed E-state index contributed by atoms with van der Waals surface area (Å²) in [7, 11) is 0. The van der Waals surface area contributed by atoms with Crippen molar-refractivity contribution in [3.8, 4) is 6.07 Å². The van der Waals surface area contributed by atoms with E-state index < -0.39 is 0 Å². The lowest BCUT2D eigenvalue weighted by Crippen LogP contribution is -1.97. The van der Waals surface area contributed by atoms with Crippen molar-refractivity contribution >= 4 is 23.0 Å². The summed E-state index contributed by atoms with van der Waals surface area (Å²) in [4.78, 5) is 4.24. The highest BCUT2D eigenvalue weighted by molar-refractivity contribution is 7.99. The Morgan fingerprint density at radius 3 is 3.07 bits per heavy atom. The van der Waals surface area contributed by atoms with Gasteiger partial charge in [0, 0.05) is 0 Å². The molecule has 1 aromatic heterocycles. The highest BCUT2D eigenvalue weighted by atomic mass is 32.2. The molecule has 2 aromatic rings. The van der Waals surface area contributed by atoms with E-state index in [9.17, 15) is 0 Å². The SMILES string of the molecule is C=CC(C#N)Sn1cnc2ccccc21. The Hall–Kier alpha value is -1.73. The Kier molecular flexibility index (Phi) is 2.75. The van der Waals surface area contributed by atoms with Gasteiger partial charge in [-0.25, -0.2) is 4.98 Å². The minimum Gasteiger partial charge on any atom is -0.271 e. The van der Waals surface area contributed by atoms with Crippen LogP contribution in [0.1, 0.15) is 0 Å². The van der Waals surface area contributed by atoms with Crippen molar-refractivity contribution in [3.63, 3.8) is 0 Å². The molecule has 0 aliphatic carbocycles. The van der Waals surface area contributed by atoms with Crippen LogP contribution in [0, 0.1) is 11.3 Å². The van der Waals surface area contributed by atoms with Gasteiger partial charge in [-0.2, -0.15) is 5.26 Å². The van der Waals surface area contributed by atoms with E-state index >= 15 is 0 Å². The zero-order chi connectivity index (χ0) is 10.7. The molecule has 0 aliphatic heterocycles. The summed E-state index contributed by atoms with van der Waals surface area (Å²) in [6.45, 7) is 3.62. The van der Waals surface area contributed by atoms with E-state index in [0.29, 0.717) is 0 Å². The van der Waals surface area contributed by atoms with Crippen LogP contribution in [-0.4, -0.2) is 14.2 Å². The van der Waals surface area contributed by atoms with Gasteiger partial charge >= 0.3 is 0 Å². The maximum atomic E-state index is 8.82. The van der Waals surface area contributed by atoms with Crippen molar-refractivity contribution in [2.45, 2.75) is 5.25 Å². The molecule has 0 fully saturated rings. The largest absolute Gasteiger partial charge is 0.271 e. The molecule has 1 aromatic carbocycles. The number of imidazole rings is 1. The van der Waals surface area contributed by atoms with Gasteiger partial charge in [0.15, 0.2) is 0 Å². The molecule has 2 rings (SSSR count). The third-order valence-corrected chi connectivity index (χ3v) is 3.03. The quantitative estimate of drug-likeness (QED) is 0.739. The Morgan fingerprint density at radius 2 is 2.33 bits per heavy atom. The molecule has 0 amide bonds. The zero-order valence-electron chi connectivity index (χ0n) is 8.00. The highest BCUT2D eigenvalue weighted by Gasteiger charge is 2.07. The fourth-order valence-corrected chi connectivity index (χ4v) is 2.01. The molecule has 1 unspecified atom stereocenters. The third kappa shape index (κ3) is 1.88. The Labute approximate surface area is 92.2 Å². The molecule has 1 atom stereocenters. The van der Waals surface area contributed by atoms with Crippen molar-refractivity contribution in [1.82, 2.24) is 8.96 Å². The van der Waals surface area contributed by atoms with Gasteiger partial charge in [0.05, 0.1) is 17.1 Å². The zero-order valence-corrected chi connectivity index (χ0v) is 8.81. The van der Waals surface area contributed by atoms with Gasteiger partial charge in [0.25, 0.3) is 0 Å². The van der Waals surface area contributed by atoms with Crippen molar-refractivity contribution in [3.05, 3.63) is 43.2 Å². The third-order valence-electron chi connectivity index (χ3n) is 1.99. The standard InChI is InChI=1S/C11H9N3S/c1-2-9(7-12)15-14-8-13-10-5-3-4-6-11(10)14/h2-6,8-9H,1H2. The topological polar surface area (TPSA) is 41.6 Å². The van der Waals surface area contributed by atoms with E-state index in [1.54, 1.807) is 12.4 Å². The Balaban J connectivity index is 2.37. The van der Waals surface area contributed by atoms with E-state index in [1.165, 1.54) is 11.9 Å². The van der Waals surface area contributed by atoms with E-state index in [-0.39, 0.29) is 5.25 Å². The molecule has 3 nitrogen and oxygen atoms in total. The van der Waals surface area contributed by atoms with E-state index in [0.717, 1.165) is 11.0 Å². The number of nitrogens with zero attached hydrogens (tertiary/aromatic N) is 3. The number of hydrogen-bond donors (Lipinski definition) is 0. The number of aromatic nitrogens is 2. The molecular weight excluding hydrogens is 206 g/mol. The van der Waals surface area contributed by atoms with Crippen LogP contribution in [0.15, 0.2) is 43.2 Å². The number of nitriles is 1. The molecule has 0 spiro atoms. The van der Waals surface area contributed by atoms with Crippen LogP contribution < -0.4 is 0 Å². The van der Waals surface area contributed by atoms with Gasteiger partial charge in [0.1, 0.15) is 11.6 Å². The van der Waals surface area contributed by atoms with Crippen molar-refractivity contribution < 1.29 is 0 Å². The van der Waals surface area contributed by atoms with Crippen LogP contribution in [0.2, 0.25) is 0 Å². The van der Waals surface area contributed by atoms with Crippen LogP contribution in [0.25, 0.3) is 11.0 Å². The maximum absolute atomic E-state index is 8.82. The first-order chi connectivity index (χ1) is 7.35. The van der Waals surface area contributed by atoms with Crippen LogP contribution in [-0.2, 0) is 0 Å². The van der Waals surface area contributed by atoms with Gasteiger partial charge in [-0.05, 0) is 24.1 Å². The van der Waals surface area contributed by atoms with Gasteiger partial charge in [-0.3, -0.25) is 3.97 Å². The summed E-state index contributed by atoms with van der Waals surface area (Å²) < 4.78 is 1.89. The predicted octanol–water partition coefficient (Wildman–Crippen LogP) is 2.61. The molecule has 0 saturated heterocycles. The van der Waals surface area contributed by atoms with E-state index in [4.69, 9.17) is 5.26 Å². The lowest BCUT2D eigenvalue weighted by molar-refractivity contribution is 1.24. The second-order valence-electron chi connectivity index (χ2n) is 2.95. The monoisotopic (exact) mass is 215 g/mol. The van der Waals surface area contributed by atoms with Crippen LogP contribution in [0.3, 0.4) is 0 Å². The maximum Gasteiger partial charge on any atom is 0.130 e. The number of rotatable bonds is 3. The summed E-state index contributed by atoms with van der Waals surface area (Å²) in [6.07, 6.45) is 3.35. The van der Waals surface area contributed by atoms with Crippen molar-refractivity contribution in [2.75, 3.05) is 0 Å². The number of para-hydroxylation sites is 2. The van der Waals surface area contributed by atoms with E-state index in [1.807, 2.05) is 28.2 Å². The molecule has 1 heterocycles. The number of benzene rings is 1. The fourth-order valence-electron chi connectivity index (χ4n) is 1.26. The lowest BCUT2D eigenvalue weighted by Gasteiger charge is -2.04. The van der Waals surface area contributed by atoms with Crippen molar-refractivity contribution in [1.29, 1.82) is 5.26 Å². The number of fused-ring (bicyclic) bond motifs is 1. The van der Waals surface area contributed by atoms with Crippen LogP contribution in [0.4, 0.5) is 0 Å². The minimum absolute atomic E-state index is 0.248. The Morgan fingerprint density at radius 1 is 1.53 bits per heavy atom. The summed E-state index contributed by atoms with van der Waals surface area (Å²) in [6, 6.07) is 9.97. The van der Waals surface area contributed by atoms with Gasteiger partial charge in [0.2, 0.25) is 0 Å². The van der Waals surface area contributed by atoms with Gasteiger partial charge in [-0.15, -0.1) is 6.58 Å². The first-order valence-electron chi connectivity index (χ1n) is 4.46. The van der Waals surface area contributed by atoms with Crippen molar-refractivity contribution in [2.24, 2.45) is 0 Å². The average molecular weight is 215 g/mol. The molecule has 0 radical (unpaired) electrons. The van der Waals surface area contributed by atoms with Gasteiger partial charge < -0.3 is 0 Å². The predicted molar refractivity (Wildman–Crippen MR) is 62.3 cm³/mol. The molecule has 0 aliphatic rings. The smallest absolute Gasteiger partial charge is 0.130 e. The number of hydrogen-bond acceptors (Lipinski definition) is 3. The molecule has 0 N–H and O–H groups in total. The molecule has 4 heteroatoms. The first-order valence-corrected chi connectivity index (χ1v) is 5.30. The lowest BCUT2D eigenvalue weighted by atomic mass is 10.3. The summed E-state index contributed by atoms with van der Waals surface area (Å²) >= 11 is 1.40. The molecular formula is C11H9N3S. The average Bonchev–Trinajstić information content (AvgIpc) is 2.69. The van der Waals surface area contributed by atoms with Crippen LogP contribution >= 0.6 is 11.9 Å². The fraction of sp³-hybridized carbons (Fsp3) is 0.0909. The summed E-state index contributed by atoms with van der Waals surface area (Å²) in [5, 5.41) is 8.57. The summed E-state index contributed by atoms with van der Waals surface area (Å²) in [5.41, 5.74) is 1.95. The molecule has 0 saturated carbocycles. The normalized spacial score (nSPS) is 12.2. The molecule has 74 valence electrons. The highest BCUT2D eigenvalue weighted by Crippen LogP contribution is 2.21. The van der Waals surface area contributed by atoms with E-state index in [2.05, 4.69) is 17.6 Å². The molecule has 15 heavy (non-hydrogen) atoms. The Bertz CT molecular complexity index is 524. The van der Waals surface area contributed by atoms with Gasteiger partial charge in [-0.1, -0.05) is 18.2 Å². The second-order valence-corrected chi connectivity index (χ2v) is 4.06.